The number of hydrogen-bond acceptors (Lipinski definition) is 3. The van der Waals surface area contributed by atoms with Crippen LogP contribution in [0.2, 0.25) is 0 Å². The molecule has 3 atom stereocenters. The Morgan fingerprint density at radius 3 is 2.10 bits per heavy atom. The van der Waals surface area contributed by atoms with Crippen molar-refractivity contribution in [3.63, 3.8) is 0 Å². The van der Waals surface area contributed by atoms with Gasteiger partial charge < -0.3 is 5.73 Å². The van der Waals surface area contributed by atoms with Crippen molar-refractivity contribution in [1.29, 1.82) is 0 Å². The monoisotopic (exact) mass is 286 g/mol. The van der Waals surface area contributed by atoms with Crippen molar-refractivity contribution in [1.82, 2.24) is 0 Å². The summed E-state index contributed by atoms with van der Waals surface area (Å²) in [6, 6.07) is 7.39. The number of imide groups is 1. The maximum atomic E-state index is 12.6. The standard InChI is InChI=1S/C17H22N2O2/c1-3-11-8-14-15(9-11)17(21)19(16(14)20)13-6-4-12(5-7-13)10(2)18/h4-7,10-11,14-15H,3,8-9,18H2,1-2H3. The molecule has 1 heterocycles. The lowest BCUT2D eigenvalue weighted by Gasteiger charge is -2.18. The van der Waals surface area contributed by atoms with Gasteiger partial charge in [0.2, 0.25) is 11.8 Å². The molecule has 3 unspecified atom stereocenters. The van der Waals surface area contributed by atoms with E-state index in [9.17, 15) is 9.59 Å². The van der Waals surface area contributed by atoms with Gasteiger partial charge >= 0.3 is 0 Å². The van der Waals surface area contributed by atoms with E-state index >= 15 is 0 Å². The van der Waals surface area contributed by atoms with Gasteiger partial charge in [-0.05, 0) is 43.4 Å². The number of anilines is 1. The fourth-order valence-electron chi connectivity index (χ4n) is 3.64. The zero-order valence-corrected chi connectivity index (χ0v) is 12.6. The third-order valence-corrected chi connectivity index (χ3v) is 4.99. The van der Waals surface area contributed by atoms with Crippen LogP contribution in [0, 0.1) is 17.8 Å². The first kappa shape index (κ1) is 14.3. The Morgan fingerprint density at radius 1 is 1.14 bits per heavy atom. The number of fused-ring (bicyclic) bond motifs is 1. The van der Waals surface area contributed by atoms with Gasteiger partial charge in [0, 0.05) is 6.04 Å². The molecule has 4 heteroatoms. The molecule has 3 rings (SSSR count). The van der Waals surface area contributed by atoms with E-state index in [0.717, 1.165) is 24.8 Å². The van der Waals surface area contributed by atoms with Gasteiger partial charge in [-0.1, -0.05) is 25.5 Å². The summed E-state index contributed by atoms with van der Waals surface area (Å²) in [6.45, 7) is 4.04. The lowest BCUT2D eigenvalue weighted by Crippen LogP contribution is -2.32. The molecule has 0 aromatic heterocycles. The van der Waals surface area contributed by atoms with E-state index in [4.69, 9.17) is 5.73 Å². The van der Waals surface area contributed by atoms with Crippen molar-refractivity contribution in [2.24, 2.45) is 23.5 Å². The van der Waals surface area contributed by atoms with Crippen LogP contribution < -0.4 is 10.6 Å². The normalized spacial score (nSPS) is 29.9. The molecule has 4 nitrogen and oxygen atoms in total. The molecule has 1 aliphatic heterocycles. The third kappa shape index (κ3) is 2.27. The van der Waals surface area contributed by atoms with E-state index in [2.05, 4.69) is 6.92 Å². The summed E-state index contributed by atoms with van der Waals surface area (Å²) < 4.78 is 0. The summed E-state index contributed by atoms with van der Waals surface area (Å²) in [5, 5.41) is 0. The van der Waals surface area contributed by atoms with Crippen molar-refractivity contribution in [2.45, 2.75) is 39.2 Å². The minimum Gasteiger partial charge on any atom is -0.324 e. The van der Waals surface area contributed by atoms with Gasteiger partial charge in [0.25, 0.3) is 0 Å². The zero-order valence-electron chi connectivity index (χ0n) is 12.6. The van der Waals surface area contributed by atoms with Crippen LogP contribution in [0.25, 0.3) is 0 Å². The maximum Gasteiger partial charge on any atom is 0.237 e. The van der Waals surface area contributed by atoms with Crippen LogP contribution in [0.5, 0.6) is 0 Å². The van der Waals surface area contributed by atoms with Crippen molar-refractivity contribution in [2.75, 3.05) is 4.90 Å². The smallest absolute Gasteiger partial charge is 0.237 e. The molecule has 0 bridgehead atoms. The molecule has 1 aliphatic carbocycles. The Hall–Kier alpha value is -1.68. The van der Waals surface area contributed by atoms with Gasteiger partial charge in [-0.15, -0.1) is 0 Å². The van der Waals surface area contributed by atoms with Crippen molar-refractivity contribution in [3.05, 3.63) is 29.8 Å². The molecule has 1 saturated carbocycles. The molecule has 1 saturated heterocycles. The summed E-state index contributed by atoms with van der Waals surface area (Å²) in [6.07, 6.45) is 2.77. The number of rotatable bonds is 3. The molecule has 21 heavy (non-hydrogen) atoms. The quantitative estimate of drug-likeness (QED) is 0.869. The summed E-state index contributed by atoms with van der Waals surface area (Å²) in [5.41, 5.74) is 7.51. The lowest BCUT2D eigenvalue weighted by atomic mass is 10.00. The Kier molecular flexibility index (Phi) is 3.57. The molecular formula is C17H22N2O2. The van der Waals surface area contributed by atoms with Crippen LogP contribution in [0.4, 0.5) is 5.69 Å². The predicted octanol–water partition coefficient (Wildman–Crippen LogP) is 2.63. The molecule has 2 fully saturated rings. The fourth-order valence-corrected chi connectivity index (χ4v) is 3.64. The molecular weight excluding hydrogens is 264 g/mol. The number of carbonyl (C=O) groups excluding carboxylic acids is 2. The molecule has 112 valence electrons. The third-order valence-electron chi connectivity index (χ3n) is 4.99. The van der Waals surface area contributed by atoms with Crippen LogP contribution in [-0.2, 0) is 9.59 Å². The van der Waals surface area contributed by atoms with Crippen LogP contribution in [0.1, 0.15) is 44.7 Å². The van der Waals surface area contributed by atoms with Crippen molar-refractivity contribution in [3.8, 4) is 0 Å². The zero-order chi connectivity index (χ0) is 15.1. The number of hydrogen-bond donors (Lipinski definition) is 1. The van der Waals surface area contributed by atoms with Gasteiger partial charge in [0.15, 0.2) is 0 Å². The van der Waals surface area contributed by atoms with Crippen LogP contribution in [0.3, 0.4) is 0 Å². The number of benzene rings is 1. The number of carbonyl (C=O) groups is 2. The number of nitrogens with zero attached hydrogens (tertiary/aromatic N) is 1. The predicted molar refractivity (Wildman–Crippen MR) is 81.5 cm³/mol. The summed E-state index contributed by atoms with van der Waals surface area (Å²) >= 11 is 0. The average molecular weight is 286 g/mol. The van der Waals surface area contributed by atoms with E-state index < -0.39 is 0 Å². The first-order valence-corrected chi connectivity index (χ1v) is 7.76. The maximum absolute atomic E-state index is 12.6. The Morgan fingerprint density at radius 2 is 1.67 bits per heavy atom. The van der Waals surface area contributed by atoms with Crippen molar-refractivity contribution >= 4 is 17.5 Å². The van der Waals surface area contributed by atoms with Gasteiger partial charge in [-0.25, -0.2) is 0 Å². The molecule has 0 spiro atoms. The topological polar surface area (TPSA) is 63.4 Å². The number of amides is 2. The molecule has 2 aliphatic rings. The second-order valence-electron chi connectivity index (χ2n) is 6.35. The Labute approximate surface area is 125 Å². The largest absolute Gasteiger partial charge is 0.324 e. The van der Waals surface area contributed by atoms with Crippen LogP contribution in [-0.4, -0.2) is 11.8 Å². The average Bonchev–Trinajstić information content (AvgIpc) is 3.00. The number of nitrogens with two attached hydrogens (primary N) is 1. The Bertz CT molecular complexity index is 541. The van der Waals surface area contributed by atoms with Crippen LogP contribution >= 0.6 is 0 Å². The first-order valence-electron chi connectivity index (χ1n) is 7.76. The van der Waals surface area contributed by atoms with Crippen molar-refractivity contribution < 1.29 is 9.59 Å². The summed E-state index contributed by atoms with van der Waals surface area (Å²) in [7, 11) is 0. The van der Waals surface area contributed by atoms with E-state index in [0.29, 0.717) is 11.6 Å². The highest BCUT2D eigenvalue weighted by atomic mass is 16.2. The van der Waals surface area contributed by atoms with E-state index in [1.807, 2.05) is 31.2 Å². The first-order chi connectivity index (χ1) is 10.0. The fraction of sp³-hybridized carbons (Fsp3) is 0.529. The molecule has 2 amide bonds. The van der Waals surface area contributed by atoms with E-state index in [-0.39, 0.29) is 29.7 Å². The minimum atomic E-state index is -0.101. The van der Waals surface area contributed by atoms with Gasteiger partial charge in [-0.2, -0.15) is 0 Å². The van der Waals surface area contributed by atoms with E-state index in [1.54, 1.807) is 0 Å². The summed E-state index contributed by atoms with van der Waals surface area (Å²) in [5.74, 6) is 0.283. The minimum absolute atomic E-state index is 0.0190. The van der Waals surface area contributed by atoms with Gasteiger partial charge in [0.1, 0.15) is 0 Å². The second-order valence-corrected chi connectivity index (χ2v) is 6.35. The summed E-state index contributed by atoms with van der Waals surface area (Å²) in [4.78, 5) is 26.5. The molecule has 0 radical (unpaired) electrons. The molecule has 1 aromatic carbocycles. The highest BCUT2D eigenvalue weighted by Crippen LogP contribution is 2.45. The van der Waals surface area contributed by atoms with Gasteiger partial charge in [-0.3, -0.25) is 14.5 Å². The molecule has 2 N–H and O–H groups in total. The highest BCUT2D eigenvalue weighted by Gasteiger charge is 2.52. The van der Waals surface area contributed by atoms with Gasteiger partial charge in [0.05, 0.1) is 17.5 Å². The second kappa shape index (κ2) is 5.26. The SMILES string of the molecule is CCC1CC2C(=O)N(c3ccc(C(C)N)cc3)C(=O)C2C1. The highest BCUT2D eigenvalue weighted by molar-refractivity contribution is 6.22. The Balaban J connectivity index is 1.84. The molecule has 1 aromatic rings. The van der Waals surface area contributed by atoms with Crippen LogP contribution in [0.15, 0.2) is 24.3 Å². The lowest BCUT2D eigenvalue weighted by molar-refractivity contribution is -0.123. The van der Waals surface area contributed by atoms with E-state index in [1.165, 1.54) is 4.90 Å².